The minimum absolute atomic E-state index is 0. The summed E-state index contributed by atoms with van der Waals surface area (Å²) < 4.78 is 11.4. The van der Waals surface area contributed by atoms with E-state index in [9.17, 15) is 0 Å². The first-order valence-electron chi connectivity index (χ1n) is 11.5. The Balaban J connectivity index is 0.00000380. The van der Waals surface area contributed by atoms with E-state index in [1.807, 2.05) is 84.4 Å². The van der Waals surface area contributed by atoms with E-state index in [0.29, 0.717) is 31.5 Å². The molecule has 0 N–H and O–H groups in total. The van der Waals surface area contributed by atoms with Gasteiger partial charge in [-0.2, -0.15) is 0 Å². The van der Waals surface area contributed by atoms with E-state index in [1.165, 1.54) is 0 Å². The van der Waals surface area contributed by atoms with Gasteiger partial charge in [-0.05, 0) is 42.0 Å². The minimum Gasteiger partial charge on any atom is -0.495 e. The van der Waals surface area contributed by atoms with Crippen LogP contribution in [-0.2, 0) is 6.61 Å². The van der Waals surface area contributed by atoms with Crippen molar-refractivity contribution in [1.29, 1.82) is 0 Å². The first-order valence-corrected chi connectivity index (χ1v) is 13.5. The van der Waals surface area contributed by atoms with Crippen LogP contribution in [0.1, 0.15) is 10.6 Å². The molecule has 0 unspecified atom stereocenters. The molecule has 4 aromatic rings. The van der Waals surface area contributed by atoms with Gasteiger partial charge in [0.25, 0.3) is 0 Å². The number of hydrogen-bond acceptors (Lipinski definition) is 6. The molecule has 0 atom stereocenters. The Kier molecular flexibility index (Phi) is 11.5. The zero-order valence-corrected chi connectivity index (χ0v) is 23.5. The van der Waals surface area contributed by atoms with E-state index < -0.39 is 0 Å². The van der Waals surface area contributed by atoms with Crippen LogP contribution in [-0.4, -0.2) is 43.2 Å². The average Bonchev–Trinajstić information content (AvgIpc) is 3.40. The van der Waals surface area contributed by atoms with Crippen molar-refractivity contribution in [2.45, 2.75) is 6.61 Å². The lowest BCUT2D eigenvalue weighted by atomic mass is 10.1. The molecule has 0 aliphatic carbocycles. The molecule has 5 nitrogen and oxygen atoms in total. The molecular formula is C28H28Cl3N3O2S. The number of nitrogens with zero attached hydrogens (tertiary/aromatic N) is 3. The molecule has 0 amide bonds. The van der Waals surface area contributed by atoms with Crippen LogP contribution in [0.2, 0.25) is 0 Å². The summed E-state index contributed by atoms with van der Waals surface area (Å²) in [5, 5.41) is 2.98. The van der Waals surface area contributed by atoms with E-state index >= 15 is 0 Å². The number of anilines is 1. The maximum atomic E-state index is 5.96. The van der Waals surface area contributed by atoms with E-state index in [0.717, 1.165) is 44.7 Å². The minimum atomic E-state index is 0. The molecule has 37 heavy (non-hydrogen) atoms. The number of halogens is 3. The standard InChI is InChI=1S/C28H27Cl2N3O2S.ClH/c1-34-27-17-21(7-12-26(27)33(15-13-29)16-14-30)18-31-23-10-8-22(9-11-23)25-20-36-28(32-25)19-35-24-5-3-2-4-6-24;/h2-12,17-18,20H,13-16,19H2,1H3;1H. The maximum absolute atomic E-state index is 5.96. The second-order valence-electron chi connectivity index (χ2n) is 7.83. The van der Waals surface area contributed by atoms with Crippen molar-refractivity contribution in [3.05, 3.63) is 88.7 Å². The molecule has 0 aliphatic rings. The number of hydrogen-bond donors (Lipinski definition) is 0. The Morgan fingerprint density at radius 1 is 0.973 bits per heavy atom. The van der Waals surface area contributed by atoms with Gasteiger partial charge in [0.15, 0.2) is 0 Å². The Labute approximate surface area is 238 Å². The van der Waals surface area contributed by atoms with E-state index in [1.54, 1.807) is 18.4 Å². The number of aromatic nitrogens is 1. The van der Waals surface area contributed by atoms with Crippen molar-refractivity contribution in [3.8, 4) is 22.8 Å². The van der Waals surface area contributed by atoms with Gasteiger partial charge in [0.2, 0.25) is 0 Å². The number of alkyl halides is 2. The molecule has 0 radical (unpaired) electrons. The lowest BCUT2D eigenvalue weighted by Gasteiger charge is -2.25. The molecule has 0 fully saturated rings. The third kappa shape index (κ3) is 8.11. The lowest BCUT2D eigenvalue weighted by molar-refractivity contribution is 0.305. The average molecular weight is 577 g/mol. The Morgan fingerprint density at radius 2 is 1.70 bits per heavy atom. The predicted octanol–water partition coefficient (Wildman–Crippen LogP) is 7.85. The van der Waals surface area contributed by atoms with Gasteiger partial charge in [0.1, 0.15) is 23.1 Å². The third-order valence-corrected chi connectivity index (χ3v) is 6.60. The van der Waals surface area contributed by atoms with Crippen LogP contribution in [0.5, 0.6) is 11.5 Å². The van der Waals surface area contributed by atoms with Crippen molar-refractivity contribution in [2.24, 2.45) is 4.99 Å². The first-order chi connectivity index (χ1) is 17.7. The molecule has 0 saturated carbocycles. The van der Waals surface area contributed by atoms with Gasteiger partial charge in [0.05, 0.1) is 24.2 Å². The second kappa shape index (κ2) is 14.8. The monoisotopic (exact) mass is 575 g/mol. The Morgan fingerprint density at radius 3 is 2.38 bits per heavy atom. The van der Waals surface area contributed by atoms with Crippen LogP contribution in [0.15, 0.2) is 83.2 Å². The zero-order valence-electron chi connectivity index (χ0n) is 20.3. The largest absolute Gasteiger partial charge is 0.495 e. The van der Waals surface area contributed by atoms with Crippen LogP contribution < -0.4 is 14.4 Å². The summed E-state index contributed by atoms with van der Waals surface area (Å²) in [6.45, 7) is 1.85. The van der Waals surface area contributed by atoms with Gasteiger partial charge < -0.3 is 14.4 Å². The van der Waals surface area contributed by atoms with Crippen molar-refractivity contribution in [2.75, 3.05) is 36.9 Å². The fourth-order valence-corrected chi connectivity index (χ4v) is 4.75. The van der Waals surface area contributed by atoms with Gasteiger partial charge in [-0.1, -0.05) is 36.4 Å². The first kappa shape index (κ1) is 28.8. The normalized spacial score (nSPS) is 10.8. The van der Waals surface area contributed by atoms with Crippen LogP contribution in [0.3, 0.4) is 0 Å². The summed E-state index contributed by atoms with van der Waals surface area (Å²) in [6.07, 6.45) is 1.83. The van der Waals surface area contributed by atoms with Crippen LogP contribution >= 0.6 is 46.9 Å². The summed E-state index contributed by atoms with van der Waals surface area (Å²) in [6, 6.07) is 23.8. The fourth-order valence-electron chi connectivity index (χ4n) is 3.63. The molecule has 0 aliphatic heterocycles. The Bertz CT molecular complexity index is 1260. The molecule has 1 heterocycles. The quantitative estimate of drug-likeness (QED) is 0.127. The summed E-state index contributed by atoms with van der Waals surface area (Å²) in [5.74, 6) is 2.64. The SMILES string of the molecule is COc1cc(C=Nc2ccc(-c3csc(COc4ccccc4)n3)cc2)ccc1N(CCCl)CCCl.Cl. The van der Waals surface area contributed by atoms with E-state index in [2.05, 4.69) is 9.89 Å². The van der Waals surface area contributed by atoms with Crippen molar-refractivity contribution >= 4 is 64.5 Å². The molecule has 0 saturated heterocycles. The van der Waals surface area contributed by atoms with Gasteiger partial charge in [-0.3, -0.25) is 4.99 Å². The van der Waals surface area contributed by atoms with Crippen molar-refractivity contribution < 1.29 is 9.47 Å². The molecule has 194 valence electrons. The predicted molar refractivity (Wildman–Crippen MR) is 159 cm³/mol. The highest BCUT2D eigenvalue weighted by atomic mass is 35.5. The number of aliphatic imine (C=N–C) groups is 1. The lowest BCUT2D eigenvalue weighted by Crippen LogP contribution is -2.28. The number of methoxy groups -OCH3 is 1. The Hall–Kier alpha value is -2.77. The molecule has 0 spiro atoms. The molecule has 4 rings (SSSR count). The van der Waals surface area contributed by atoms with Crippen molar-refractivity contribution in [3.63, 3.8) is 0 Å². The van der Waals surface area contributed by atoms with E-state index in [-0.39, 0.29) is 12.4 Å². The summed E-state index contributed by atoms with van der Waals surface area (Å²) in [7, 11) is 1.66. The van der Waals surface area contributed by atoms with Crippen LogP contribution in [0, 0.1) is 0 Å². The molecule has 3 aromatic carbocycles. The highest BCUT2D eigenvalue weighted by Gasteiger charge is 2.12. The third-order valence-electron chi connectivity index (χ3n) is 5.44. The molecule has 0 bridgehead atoms. The summed E-state index contributed by atoms with van der Waals surface area (Å²) >= 11 is 13.5. The number of ether oxygens (including phenoxy) is 2. The maximum Gasteiger partial charge on any atom is 0.142 e. The number of thiazole rings is 1. The molecule has 1 aromatic heterocycles. The van der Waals surface area contributed by atoms with Crippen molar-refractivity contribution in [1.82, 2.24) is 4.98 Å². The highest BCUT2D eigenvalue weighted by molar-refractivity contribution is 7.09. The van der Waals surface area contributed by atoms with E-state index in [4.69, 9.17) is 37.7 Å². The summed E-state index contributed by atoms with van der Waals surface area (Å²) in [5.41, 5.74) is 4.74. The number of rotatable bonds is 12. The van der Waals surface area contributed by atoms with Gasteiger partial charge >= 0.3 is 0 Å². The smallest absolute Gasteiger partial charge is 0.142 e. The fraction of sp³-hybridized carbons (Fsp3) is 0.214. The van der Waals surface area contributed by atoms with Gasteiger partial charge in [-0.15, -0.1) is 46.9 Å². The van der Waals surface area contributed by atoms with Gasteiger partial charge in [0, 0.05) is 42.0 Å². The van der Waals surface area contributed by atoms with Crippen LogP contribution in [0.4, 0.5) is 11.4 Å². The number of para-hydroxylation sites is 1. The van der Waals surface area contributed by atoms with Crippen LogP contribution in [0.25, 0.3) is 11.3 Å². The highest BCUT2D eigenvalue weighted by Crippen LogP contribution is 2.30. The second-order valence-corrected chi connectivity index (χ2v) is 9.53. The summed E-state index contributed by atoms with van der Waals surface area (Å²) in [4.78, 5) is 11.5. The van der Waals surface area contributed by atoms with Gasteiger partial charge in [-0.25, -0.2) is 4.98 Å². The molecule has 9 heteroatoms. The topological polar surface area (TPSA) is 47.0 Å². The molecular weight excluding hydrogens is 549 g/mol. The number of benzene rings is 3. The zero-order chi connectivity index (χ0) is 25.2.